The minimum absolute atomic E-state index is 0.212. The van der Waals surface area contributed by atoms with Gasteiger partial charge in [0.05, 0.1) is 5.39 Å². The topological polar surface area (TPSA) is 35.0 Å². The lowest BCUT2D eigenvalue weighted by molar-refractivity contribution is 0.457. The summed E-state index contributed by atoms with van der Waals surface area (Å²) in [5.41, 5.74) is 0. The summed E-state index contributed by atoms with van der Waals surface area (Å²) in [4.78, 5) is 11.7. The largest absolute Gasteiger partial charge is 0.437 e. The van der Waals surface area contributed by atoms with Gasteiger partial charge in [-0.15, -0.1) is 23.1 Å². The minimum atomic E-state index is 0.212. The molecule has 3 aromatic rings. The van der Waals surface area contributed by atoms with Crippen LogP contribution < -0.4 is 4.74 Å². The van der Waals surface area contributed by atoms with Crippen LogP contribution in [0.25, 0.3) is 10.2 Å². The third-order valence-electron chi connectivity index (χ3n) is 3.01. The van der Waals surface area contributed by atoms with E-state index in [2.05, 4.69) is 23.0 Å². The van der Waals surface area contributed by atoms with Crippen molar-refractivity contribution in [3.8, 4) is 11.6 Å². The molecule has 0 aliphatic rings. The Hall–Kier alpha value is -1.30. The minimum Gasteiger partial charge on any atom is -0.437 e. The van der Waals surface area contributed by atoms with E-state index in [1.54, 1.807) is 23.1 Å². The van der Waals surface area contributed by atoms with Crippen LogP contribution in [0, 0.1) is 0 Å². The highest BCUT2D eigenvalue weighted by molar-refractivity contribution is 7.98. The summed E-state index contributed by atoms with van der Waals surface area (Å²) < 4.78 is 6.00. The summed E-state index contributed by atoms with van der Waals surface area (Å²) in [6, 6.07) is 9.96. The second kappa shape index (κ2) is 6.22. The Morgan fingerprint density at radius 3 is 2.86 bits per heavy atom. The zero-order valence-corrected chi connectivity index (χ0v) is 14.0. The molecule has 3 nitrogen and oxygen atoms in total. The van der Waals surface area contributed by atoms with Crippen LogP contribution >= 0.6 is 34.7 Å². The molecule has 108 valence electrons. The van der Waals surface area contributed by atoms with E-state index in [1.165, 1.54) is 4.88 Å². The number of halogens is 1. The van der Waals surface area contributed by atoms with Crippen molar-refractivity contribution in [2.75, 3.05) is 6.26 Å². The molecule has 0 saturated carbocycles. The molecule has 0 atom stereocenters. The molecule has 2 heterocycles. The molecule has 0 aliphatic heterocycles. The number of fused-ring (bicyclic) bond motifs is 1. The first-order chi connectivity index (χ1) is 10.2. The van der Waals surface area contributed by atoms with E-state index < -0.39 is 0 Å². The molecule has 0 aliphatic carbocycles. The van der Waals surface area contributed by atoms with Crippen LogP contribution in [-0.4, -0.2) is 16.2 Å². The number of para-hydroxylation sites is 1. The Kier molecular flexibility index (Phi) is 4.33. The number of aryl methyl sites for hydroxylation is 1. The van der Waals surface area contributed by atoms with Crippen molar-refractivity contribution < 1.29 is 4.74 Å². The second-order valence-corrected chi connectivity index (χ2v) is 6.64. The quantitative estimate of drug-likeness (QED) is 0.470. The lowest BCUT2D eigenvalue weighted by Gasteiger charge is -2.09. The highest BCUT2D eigenvalue weighted by atomic mass is 35.5. The van der Waals surface area contributed by atoms with Gasteiger partial charge in [0, 0.05) is 9.77 Å². The van der Waals surface area contributed by atoms with Gasteiger partial charge in [0.15, 0.2) is 0 Å². The van der Waals surface area contributed by atoms with Gasteiger partial charge in [-0.2, -0.15) is 4.98 Å². The number of nitrogens with zero attached hydrogens (tertiary/aromatic N) is 2. The van der Waals surface area contributed by atoms with Crippen molar-refractivity contribution in [2.24, 2.45) is 0 Å². The summed E-state index contributed by atoms with van der Waals surface area (Å²) in [5, 5.41) is 1.13. The van der Waals surface area contributed by atoms with Gasteiger partial charge >= 0.3 is 0 Å². The third-order valence-corrected chi connectivity index (χ3v) is 5.13. The summed E-state index contributed by atoms with van der Waals surface area (Å²) in [6.45, 7) is 2.11. The van der Waals surface area contributed by atoms with Crippen LogP contribution in [0.4, 0.5) is 0 Å². The Balaban J connectivity index is 2.09. The van der Waals surface area contributed by atoms with E-state index in [0.29, 0.717) is 5.88 Å². The van der Waals surface area contributed by atoms with Crippen LogP contribution in [0.3, 0.4) is 0 Å². The number of hydrogen-bond donors (Lipinski definition) is 0. The number of rotatable bonds is 4. The Labute approximate surface area is 136 Å². The molecule has 0 spiro atoms. The number of aromatic nitrogens is 2. The predicted octanol–water partition coefficient (Wildman–Crippen LogP) is 5.42. The zero-order valence-electron chi connectivity index (χ0n) is 11.6. The average molecular weight is 337 g/mol. The van der Waals surface area contributed by atoms with Crippen LogP contribution in [0.15, 0.2) is 35.2 Å². The molecule has 0 saturated heterocycles. The molecule has 21 heavy (non-hydrogen) atoms. The molecule has 2 aromatic heterocycles. The summed E-state index contributed by atoms with van der Waals surface area (Å²) in [6.07, 6.45) is 2.98. The molecular weight excluding hydrogens is 324 g/mol. The van der Waals surface area contributed by atoms with Crippen molar-refractivity contribution in [1.82, 2.24) is 9.97 Å². The standard InChI is InChI=1S/C15H13ClN2OS2/c1-3-9-8-10-13(17-15(16)18-14(10)21-9)19-11-6-4-5-7-12(11)20-2/h4-8H,3H2,1-2H3. The number of hydrogen-bond acceptors (Lipinski definition) is 5. The van der Waals surface area contributed by atoms with Gasteiger partial charge in [-0.05, 0) is 42.5 Å². The average Bonchev–Trinajstić information content (AvgIpc) is 2.91. The van der Waals surface area contributed by atoms with E-state index in [1.807, 2.05) is 30.5 Å². The Morgan fingerprint density at radius 1 is 1.29 bits per heavy atom. The van der Waals surface area contributed by atoms with Crippen LogP contribution in [-0.2, 0) is 6.42 Å². The summed E-state index contributed by atoms with van der Waals surface area (Å²) in [5.74, 6) is 1.30. The molecule has 0 radical (unpaired) electrons. The van der Waals surface area contributed by atoms with Crippen LogP contribution in [0.2, 0.25) is 5.28 Å². The SMILES string of the molecule is CCc1cc2c(Oc3ccccc3SC)nc(Cl)nc2s1. The second-order valence-electron chi connectivity index (χ2n) is 4.34. The van der Waals surface area contributed by atoms with Crippen molar-refractivity contribution in [1.29, 1.82) is 0 Å². The lowest BCUT2D eigenvalue weighted by atomic mass is 10.3. The normalized spacial score (nSPS) is 11.0. The summed E-state index contributed by atoms with van der Waals surface area (Å²) >= 11 is 9.28. The van der Waals surface area contributed by atoms with E-state index in [-0.39, 0.29) is 5.28 Å². The van der Waals surface area contributed by atoms with Crippen molar-refractivity contribution in [2.45, 2.75) is 18.2 Å². The molecular formula is C15H13ClN2OS2. The number of thioether (sulfide) groups is 1. The Morgan fingerprint density at radius 2 is 2.10 bits per heavy atom. The van der Waals surface area contributed by atoms with Gasteiger partial charge in [-0.3, -0.25) is 0 Å². The smallest absolute Gasteiger partial charge is 0.232 e. The third kappa shape index (κ3) is 3.00. The molecule has 6 heteroatoms. The first kappa shape index (κ1) is 14.6. The van der Waals surface area contributed by atoms with Gasteiger partial charge in [0.25, 0.3) is 0 Å². The van der Waals surface area contributed by atoms with Gasteiger partial charge in [0.1, 0.15) is 10.6 Å². The maximum Gasteiger partial charge on any atom is 0.232 e. The van der Waals surface area contributed by atoms with Crippen molar-refractivity contribution in [3.63, 3.8) is 0 Å². The Bertz CT molecular complexity index is 788. The highest BCUT2D eigenvalue weighted by Crippen LogP contribution is 2.36. The van der Waals surface area contributed by atoms with Crippen LogP contribution in [0.1, 0.15) is 11.8 Å². The fourth-order valence-corrected chi connectivity index (χ4v) is 3.67. The molecule has 0 N–H and O–H groups in total. The van der Waals surface area contributed by atoms with Gasteiger partial charge in [-0.1, -0.05) is 19.1 Å². The molecule has 0 unspecified atom stereocenters. The first-order valence-corrected chi connectivity index (χ1v) is 8.90. The molecule has 0 bridgehead atoms. The fraction of sp³-hybridized carbons (Fsp3) is 0.200. The van der Waals surface area contributed by atoms with E-state index in [9.17, 15) is 0 Å². The van der Waals surface area contributed by atoms with Crippen LogP contribution in [0.5, 0.6) is 11.6 Å². The molecule has 1 aromatic carbocycles. The zero-order chi connectivity index (χ0) is 14.8. The van der Waals surface area contributed by atoms with Gasteiger partial charge in [-0.25, -0.2) is 4.98 Å². The number of ether oxygens (including phenoxy) is 1. The van der Waals surface area contributed by atoms with E-state index in [0.717, 1.165) is 27.3 Å². The van der Waals surface area contributed by atoms with Crippen molar-refractivity contribution >= 4 is 44.9 Å². The fourth-order valence-electron chi connectivity index (χ4n) is 1.98. The maximum absolute atomic E-state index is 6.02. The first-order valence-electron chi connectivity index (χ1n) is 6.48. The van der Waals surface area contributed by atoms with E-state index in [4.69, 9.17) is 16.3 Å². The summed E-state index contributed by atoms with van der Waals surface area (Å²) in [7, 11) is 0. The maximum atomic E-state index is 6.02. The monoisotopic (exact) mass is 336 g/mol. The van der Waals surface area contributed by atoms with E-state index >= 15 is 0 Å². The van der Waals surface area contributed by atoms with Gasteiger partial charge in [0.2, 0.25) is 11.2 Å². The molecule has 0 fully saturated rings. The predicted molar refractivity (Wildman–Crippen MR) is 90.1 cm³/mol. The number of benzene rings is 1. The number of thiophene rings is 1. The van der Waals surface area contributed by atoms with Gasteiger partial charge < -0.3 is 4.74 Å². The highest BCUT2D eigenvalue weighted by Gasteiger charge is 2.13. The lowest BCUT2D eigenvalue weighted by Crippen LogP contribution is -1.92. The molecule has 3 rings (SSSR count). The molecule has 0 amide bonds. The van der Waals surface area contributed by atoms with Crippen molar-refractivity contribution in [3.05, 3.63) is 40.5 Å².